The molecule has 1 fully saturated rings. The lowest BCUT2D eigenvalue weighted by Gasteiger charge is -2.18. The van der Waals surface area contributed by atoms with Gasteiger partial charge in [0.25, 0.3) is 10.0 Å². The van der Waals surface area contributed by atoms with Crippen molar-refractivity contribution in [1.29, 1.82) is 0 Å². The lowest BCUT2D eigenvalue weighted by atomic mass is 9.98. The summed E-state index contributed by atoms with van der Waals surface area (Å²) >= 11 is 0. The number of rotatable bonds is 6. The van der Waals surface area contributed by atoms with E-state index >= 15 is 0 Å². The van der Waals surface area contributed by atoms with Crippen molar-refractivity contribution in [1.82, 2.24) is 0 Å². The molecular formula is C18H21NO4S. The van der Waals surface area contributed by atoms with E-state index in [1.165, 1.54) is 0 Å². The van der Waals surface area contributed by atoms with Crippen molar-refractivity contribution in [2.75, 3.05) is 11.3 Å². The third-order valence-corrected chi connectivity index (χ3v) is 5.54. The number of para-hydroxylation sites is 1. The van der Waals surface area contributed by atoms with Crippen molar-refractivity contribution in [2.24, 2.45) is 0 Å². The van der Waals surface area contributed by atoms with Crippen LogP contribution in [0.5, 0.6) is 0 Å². The van der Waals surface area contributed by atoms with Crippen LogP contribution in [-0.4, -0.2) is 25.7 Å². The Morgan fingerprint density at radius 3 is 2.46 bits per heavy atom. The fraction of sp³-hybridized carbons (Fsp3) is 0.333. The third kappa shape index (κ3) is 3.77. The molecule has 0 aromatic heterocycles. The van der Waals surface area contributed by atoms with E-state index in [0.717, 1.165) is 5.56 Å². The quantitative estimate of drug-likeness (QED) is 0.787. The van der Waals surface area contributed by atoms with Gasteiger partial charge in [-0.15, -0.1) is 0 Å². The molecular weight excluding hydrogens is 326 g/mol. The Balaban J connectivity index is 1.85. The van der Waals surface area contributed by atoms with Crippen molar-refractivity contribution in [3.05, 3.63) is 59.7 Å². The molecule has 2 N–H and O–H groups in total. The lowest BCUT2D eigenvalue weighted by Crippen LogP contribution is -2.17. The van der Waals surface area contributed by atoms with Gasteiger partial charge in [0.2, 0.25) is 0 Å². The Morgan fingerprint density at radius 2 is 1.83 bits per heavy atom. The van der Waals surface area contributed by atoms with Crippen molar-refractivity contribution in [3.8, 4) is 0 Å². The van der Waals surface area contributed by atoms with Crippen LogP contribution in [0.25, 0.3) is 0 Å². The molecule has 5 nitrogen and oxygen atoms in total. The lowest BCUT2D eigenvalue weighted by molar-refractivity contribution is 0.131. The maximum Gasteiger partial charge on any atom is 0.261 e. The topological polar surface area (TPSA) is 78.9 Å². The van der Waals surface area contributed by atoms with Gasteiger partial charge < -0.3 is 9.84 Å². The molecule has 6 heteroatoms. The molecule has 0 spiro atoms. The van der Waals surface area contributed by atoms with E-state index < -0.39 is 16.1 Å². The van der Waals surface area contributed by atoms with Crippen LogP contribution < -0.4 is 4.72 Å². The first-order chi connectivity index (χ1) is 11.3. The molecule has 0 aliphatic carbocycles. The zero-order chi connectivity index (χ0) is 17.4. The monoisotopic (exact) mass is 347 g/mol. The smallest absolute Gasteiger partial charge is 0.261 e. The molecule has 0 bridgehead atoms. The summed E-state index contributed by atoms with van der Waals surface area (Å²) in [6.45, 7) is 4.44. The summed E-state index contributed by atoms with van der Waals surface area (Å²) in [5, 5.41) is 10.5. The number of benzene rings is 2. The Kier molecular flexibility index (Phi) is 4.38. The standard InChI is InChI=1S/C18H21NO4S/c1-13-7-9-14(10-8-13)24(21,22)19-16-6-4-3-5-15(16)17(20)11-18(2)12-23-18/h3-10,17,19-20H,11-12H2,1-2H3/t17-,18+/m0/s1. The van der Waals surface area contributed by atoms with Gasteiger partial charge in [-0.05, 0) is 32.0 Å². The van der Waals surface area contributed by atoms with Gasteiger partial charge in [0.15, 0.2) is 0 Å². The average molecular weight is 347 g/mol. The van der Waals surface area contributed by atoms with Crippen molar-refractivity contribution in [2.45, 2.75) is 36.9 Å². The Hall–Kier alpha value is -1.89. The van der Waals surface area contributed by atoms with Gasteiger partial charge in [-0.25, -0.2) is 8.42 Å². The molecule has 0 amide bonds. The zero-order valence-electron chi connectivity index (χ0n) is 13.7. The van der Waals surface area contributed by atoms with Crippen LogP contribution in [0.2, 0.25) is 0 Å². The van der Waals surface area contributed by atoms with Gasteiger partial charge >= 0.3 is 0 Å². The third-order valence-electron chi connectivity index (χ3n) is 4.16. The Bertz CT molecular complexity index is 826. The van der Waals surface area contributed by atoms with E-state index in [0.29, 0.717) is 24.3 Å². The molecule has 1 aliphatic heterocycles. The number of aliphatic hydroxyl groups is 1. The van der Waals surface area contributed by atoms with E-state index in [4.69, 9.17) is 4.74 Å². The van der Waals surface area contributed by atoms with Crippen molar-refractivity contribution < 1.29 is 18.3 Å². The number of hydrogen-bond donors (Lipinski definition) is 2. The molecule has 1 saturated heterocycles. The molecule has 24 heavy (non-hydrogen) atoms. The second-order valence-corrected chi connectivity index (χ2v) is 8.15. The minimum Gasteiger partial charge on any atom is -0.388 e. The van der Waals surface area contributed by atoms with Crippen LogP contribution in [0.3, 0.4) is 0 Å². The predicted molar refractivity (Wildman–Crippen MR) is 92.4 cm³/mol. The molecule has 2 aromatic carbocycles. The average Bonchev–Trinajstić information content (AvgIpc) is 3.24. The SMILES string of the molecule is Cc1ccc(S(=O)(=O)Nc2ccccc2[C@@H](O)C[C@]2(C)CO2)cc1. The molecule has 128 valence electrons. The summed E-state index contributed by atoms with van der Waals surface area (Å²) in [5.74, 6) is 0. The van der Waals surface area contributed by atoms with E-state index in [2.05, 4.69) is 4.72 Å². The first-order valence-electron chi connectivity index (χ1n) is 7.80. The second kappa shape index (κ2) is 6.20. The number of epoxide rings is 1. The summed E-state index contributed by atoms with van der Waals surface area (Å²) in [4.78, 5) is 0.190. The predicted octanol–water partition coefficient (Wildman–Crippen LogP) is 3.01. The van der Waals surface area contributed by atoms with Crippen LogP contribution in [-0.2, 0) is 14.8 Å². The number of sulfonamides is 1. The van der Waals surface area contributed by atoms with Gasteiger partial charge in [0.1, 0.15) is 0 Å². The molecule has 2 aromatic rings. The largest absolute Gasteiger partial charge is 0.388 e. The maximum atomic E-state index is 12.6. The van der Waals surface area contributed by atoms with Gasteiger partial charge in [-0.3, -0.25) is 4.72 Å². The van der Waals surface area contributed by atoms with Gasteiger partial charge in [-0.2, -0.15) is 0 Å². The fourth-order valence-corrected chi connectivity index (χ4v) is 3.65. The van der Waals surface area contributed by atoms with Crippen LogP contribution in [0.4, 0.5) is 5.69 Å². The van der Waals surface area contributed by atoms with Crippen LogP contribution in [0.1, 0.15) is 30.6 Å². The zero-order valence-corrected chi connectivity index (χ0v) is 14.5. The van der Waals surface area contributed by atoms with Crippen molar-refractivity contribution >= 4 is 15.7 Å². The van der Waals surface area contributed by atoms with Crippen LogP contribution in [0, 0.1) is 6.92 Å². The van der Waals surface area contributed by atoms with Gasteiger partial charge in [0, 0.05) is 12.0 Å². The molecule has 0 radical (unpaired) electrons. The Labute approximate surface area is 142 Å². The van der Waals surface area contributed by atoms with E-state index in [1.807, 2.05) is 13.8 Å². The highest BCUT2D eigenvalue weighted by Gasteiger charge is 2.41. The van der Waals surface area contributed by atoms with E-state index in [1.54, 1.807) is 48.5 Å². The van der Waals surface area contributed by atoms with Crippen molar-refractivity contribution in [3.63, 3.8) is 0 Å². The number of anilines is 1. The van der Waals surface area contributed by atoms with Crippen LogP contribution in [0.15, 0.2) is 53.4 Å². The number of hydrogen-bond acceptors (Lipinski definition) is 4. The summed E-state index contributed by atoms with van der Waals surface area (Å²) in [6.07, 6.45) is -0.370. The highest BCUT2D eigenvalue weighted by molar-refractivity contribution is 7.92. The molecule has 2 atom stereocenters. The fourth-order valence-electron chi connectivity index (χ4n) is 2.56. The maximum absolute atomic E-state index is 12.6. The highest BCUT2D eigenvalue weighted by atomic mass is 32.2. The molecule has 1 heterocycles. The van der Waals surface area contributed by atoms with E-state index in [-0.39, 0.29) is 10.5 Å². The first-order valence-corrected chi connectivity index (χ1v) is 9.28. The Morgan fingerprint density at radius 1 is 1.21 bits per heavy atom. The first kappa shape index (κ1) is 17.0. The molecule has 3 rings (SSSR count). The summed E-state index contributed by atoms with van der Waals surface area (Å²) in [6, 6.07) is 13.5. The minimum absolute atomic E-state index is 0.190. The molecule has 0 saturated carbocycles. The number of aliphatic hydroxyl groups excluding tert-OH is 1. The van der Waals surface area contributed by atoms with Gasteiger partial charge in [0.05, 0.1) is 28.9 Å². The number of aryl methyl sites for hydroxylation is 1. The second-order valence-electron chi connectivity index (χ2n) is 6.46. The number of nitrogens with one attached hydrogen (secondary N) is 1. The normalized spacial score (nSPS) is 21.3. The highest BCUT2D eigenvalue weighted by Crippen LogP contribution is 2.38. The van der Waals surface area contributed by atoms with Gasteiger partial charge in [-0.1, -0.05) is 35.9 Å². The van der Waals surface area contributed by atoms with E-state index in [9.17, 15) is 13.5 Å². The summed E-state index contributed by atoms with van der Waals surface area (Å²) < 4.78 is 33.0. The minimum atomic E-state index is -3.71. The molecule has 1 aliphatic rings. The molecule has 0 unspecified atom stereocenters. The summed E-state index contributed by atoms with van der Waals surface area (Å²) in [7, 11) is -3.71. The van der Waals surface area contributed by atoms with Crippen LogP contribution >= 0.6 is 0 Å². The number of ether oxygens (including phenoxy) is 1. The summed E-state index contributed by atoms with van der Waals surface area (Å²) in [5.41, 5.74) is 1.60.